The van der Waals surface area contributed by atoms with E-state index in [0.29, 0.717) is 29.1 Å². The van der Waals surface area contributed by atoms with Gasteiger partial charge in [0.05, 0.1) is 22.3 Å². The van der Waals surface area contributed by atoms with Crippen LogP contribution in [0.15, 0.2) is 30.3 Å². The van der Waals surface area contributed by atoms with Gasteiger partial charge >= 0.3 is 0 Å². The molecule has 2 aliphatic rings. The van der Waals surface area contributed by atoms with Gasteiger partial charge in [0.2, 0.25) is 5.91 Å². The highest BCUT2D eigenvalue weighted by Gasteiger charge is 2.31. The number of likely N-dealkylation sites (tertiary alicyclic amines) is 1. The Labute approximate surface area is 213 Å². The summed E-state index contributed by atoms with van der Waals surface area (Å²) in [5, 5.41) is 4.41. The van der Waals surface area contributed by atoms with Gasteiger partial charge in [0.15, 0.2) is 0 Å². The van der Waals surface area contributed by atoms with Gasteiger partial charge in [0, 0.05) is 45.1 Å². The summed E-state index contributed by atoms with van der Waals surface area (Å²) in [5.41, 5.74) is 6.46. The highest BCUT2D eigenvalue weighted by atomic mass is 35.5. The largest absolute Gasteiger partial charge is 0.383 e. The lowest BCUT2D eigenvalue weighted by atomic mass is 9.86. The number of methoxy groups -OCH3 is 1. The third-order valence-corrected chi connectivity index (χ3v) is 7.88. The van der Waals surface area contributed by atoms with Crippen molar-refractivity contribution in [3.8, 4) is 0 Å². The summed E-state index contributed by atoms with van der Waals surface area (Å²) in [4.78, 5) is 17.1. The van der Waals surface area contributed by atoms with Crippen LogP contribution in [-0.4, -0.2) is 57.2 Å². The van der Waals surface area contributed by atoms with Gasteiger partial charge in [-0.25, -0.2) is 0 Å². The lowest BCUT2D eigenvalue weighted by Crippen LogP contribution is -2.45. The molecule has 0 unspecified atom stereocenters. The van der Waals surface area contributed by atoms with E-state index < -0.39 is 0 Å². The minimum atomic E-state index is 0.117. The van der Waals surface area contributed by atoms with E-state index in [4.69, 9.17) is 27.9 Å². The summed E-state index contributed by atoms with van der Waals surface area (Å²) in [6, 6.07) is 10.4. The molecule has 0 saturated carbocycles. The van der Waals surface area contributed by atoms with Crippen molar-refractivity contribution in [1.29, 1.82) is 0 Å². The van der Waals surface area contributed by atoms with E-state index in [9.17, 15) is 4.79 Å². The molecule has 2 aromatic carbocycles. The number of anilines is 1. The molecule has 0 radical (unpaired) electrons. The number of nitrogens with zero attached hydrogens (tertiary/aromatic N) is 2. The van der Waals surface area contributed by atoms with E-state index in [1.54, 1.807) is 7.11 Å². The van der Waals surface area contributed by atoms with Crippen molar-refractivity contribution in [2.75, 3.05) is 51.3 Å². The fourth-order valence-electron chi connectivity index (χ4n) is 5.17. The van der Waals surface area contributed by atoms with Crippen molar-refractivity contribution in [3.63, 3.8) is 0 Å². The third-order valence-electron chi connectivity index (χ3n) is 7.27. The molecule has 1 amide bonds. The number of hydrogen-bond donors (Lipinski definition) is 1. The molecule has 0 spiro atoms. The Morgan fingerprint density at radius 1 is 1.09 bits per heavy atom. The van der Waals surface area contributed by atoms with Crippen molar-refractivity contribution < 1.29 is 9.53 Å². The zero-order valence-electron chi connectivity index (χ0n) is 20.4. The van der Waals surface area contributed by atoms with Gasteiger partial charge in [0.1, 0.15) is 0 Å². The summed E-state index contributed by atoms with van der Waals surface area (Å²) in [6.45, 7) is 10.3. The van der Waals surface area contributed by atoms with Crippen LogP contribution in [0.5, 0.6) is 0 Å². The Morgan fingerprint density at radius 2 is 1.71 bits per heavy atom. The molecule has 7 heteroatoms. The van der Waals surface area contributed by atoms with Crippen molar-refractivity contribution in [2.24, 2.45) is 5.92 Å². The molecule has 5 nitrogen and oxygen atoms in total. The average Bonchev–Trinajstić information content (AvgIpc) is 2.78. The average molecular weight is 505 g/mol. The maximum absolute atomic E-state index is 12.3. The van der Waals surface area contributed by atoms with E-state index in [-0.39, 0.29) is 11.8 Å². The van der Waals surface area contributed by atoms with Gasteiger partial charge in [-0.3, -0.25) is 9.69 Å². The molecular formula is C27H35Cl2N3O2. The maximum Gasteiger partial charge on any atom is 0.223 e. The summed E-state index contributed by atoms with van der Waals surface area (Å²) in [5.74, 6) is 0.776. The fraction of sp³-hybridized carbons (Fsp3) is 0.519. The summed E-state index contributed by atoms with van der Waals surface area (Å²) in [6.07, 6.45) is 1.83. The first-order chi connectivity index (χ1) is 16.4. The number of amides is 1. The number of aryl methyl sites for hydroxylation is 2. The standard InChI is InChI=1S/C27H35Cl2N3O2/c1-18-13-21(22-15-32(16-22)26-24(28)5-4-6-25(26)29)14-19(2)23(18)17-31-10-7-20(8-11-31)27(33)30-9-12-34-3/h4-6,13-14,20,22H,7-12,15-17H2,1-3H3,(H,30,33). The van der Waals surface area contributed by atoms with E-state index in [1.165, 1.54) is 22.3 Å². The predicted molar refractivity (Wildman–Crippen MR) is 140 cm³/mol. The quantitative estimate of drug-likeness (QED) is 0.503. The monoisotopic (exact) mass is 503 g/mol. The van der Waals surface area contributed by atoms with Crippen LogP contribution < -0.4 is 10.2 Å². The van der Waals surface area contributed by atoms with Gasteiger partial charge < -0.3 is 15.0 Å². The number of benzene rings is 2. The van der Waals surface area contributed by atoms with E-state index in [2.05, 4.69) is 41.1 Å². The fourth-order valence-corrected chi connectivity index (χ4v) is 5.81. The number of carbonyl (C=O) groups is 1. The number of hydrogen-bond acceptors (Lipinski definition) is 4. The molecule has 184 valence electrons. The van der Waals surface area contributed by atoms with Crippen LogP contribution in [0.2, 0.25) is 10.0 Å². The molecule has 1 N–H and O–H groups in total. The molecule has 2 aliphatic heterocycles. The molecule has 2 fully saturated rings. The van der Waals surface area contributed by atoms with Crippen LogP contribution >= 0.6 is 23.2 Å². The SMILES string of the molecule is COCCNC(=O)C1CCN(Cc2c(C)cc(C3CN(c4c(Cl)cccc4Cl)C3)cc2C)CC1. The highest BCUT2D eigenvalue weighted by molar-refractivity contribution is 6.39. The lowest BCUT2D eigenvalue weighted by molar-refractivity contribution is -0.126. The number of nitrogens with one attached hydrogen (secondary N) is 1. The van der Waals surface area contributed by atoms with E-state index in [1.807, 2.05) is 18.2 Å². The van der Waals surface area contributed by atoms with Gasteiger partial charge in [-0.1, -0.05) is 41.4 Å². The zero-order valence-corrected chi connectivity index (χ0v) is 21.9. The Hall–Kier alpha value is -1.79. The number of para-hydroxylation sites is 1. The first-order valence-electron chi connectivity index (χ1n) is 12.1. The molecule has 4 rings (SSSR count). The Kier molecular flexibility index (Phi) is 8.41. The second-order valence-electron chi connectivity index (χ2n) is 9.64. The molecule has 0 aliphatic carbocycles. The molecular weight excluding hydrogens is 469 g/mol. The molecule has 0 atom stereocenters. The summed E-state index contributed by atoms with van der Waals surface area (Å²) >= 11 is 12.8. The number of ether oxygens (including phenoxy) is 1. The molecule has 2 aromatic rings. The Bertz CT molecular complexity index is 972. The van der Waals surface area contributed by atoms with Crippen LogP contribution in [-0.2, 0) is 16.1 Å². The van der Waals surface area contributed by atoms with Crippen LogP contribution in [0.1, 0.15) is 41.0 Å². The number of rotatable bonds is 8. The third kappa shape index (κ3) is 5.71. The minimum Gasteiger partial charge on any atom is -0.383 e. The lowest BCUT2D eigenvalue weighted by Gasteiger charge is -2.42. The molecule has 2 heterocycles. The maximum atomic E-state index is 12.3. The molecule has 0 bridgehead atoms. The van der Waals surface area contributed by atoms with Gasteiger partial charge in [-0.2, -0.15) is 0 Å². The second kappa shape index (κ2) is 11.3. The smallest absolute Gasteiger partial charge is 0.223 e. The van der Waals surface area contributed by atoms with Crippen molar-refractivity contribution >= 4 is 34.8 Å². The van der Waals surface area contributed by atoms with Crippen molar-refractivity contribution in [2.45, 2.75) is 39.2 Å². The van der Waals surface area contributed by atoms with Gasteiger partial charge in [0.25, 0.3) is 0 Å². The predicted octanol–water partition coefficient (Wildman–Crippen LogP) is 5.19. The summed E-state index contributed by atoms with van der Waals surface area (Å²) < 4.78 is 5.02. The minimum absolute atomic E-state index is 0.117. The normalized spacial score (nSPS) is 17.6. The van der Waals surface area contributed by atoms with Crippen LogP contribution in [0.3, 0.4) is 0 Å². The van der Waals surface area contributed by atoms with Gasteiger partial charge in [-0.15, -0.1) is 0 Å². The Morgan fingerprint density at radius 3 is 2.29 bits per heavy atom. The number of carbonyl (C=O) groups excluding carboxylic acids is 1. The zero-order chi connectivity index (χ0) is 24.2. The highest BCUT2D eigenvalue weighted by Crippen LogP contribution is 2.40. The Balaban J connectivity index is 1.32. The van der Waals surface area contributed by atoms with Crippen molar-refractivity contribution in [3.05, 3.63) is 62.6 Å². The molecule has 34 heavy (non-hydrogen) atoms. The van der Waals surface area contributed by atoms with Crippen molar-refractivity contribution in [1.82, 2.24) is 10.2 Å². The van der Waals surface area contributed by atoms with E-state index >= 15 is 0 Å². The first-order valence-corrected chi connectivity index (χ1v) is 12.9. The van der Waals surface area contributed by atoms with Crippen LogP contribution in [0, 0.1) is 19.8 Å². The molecule has 0 aromatic heterocycles. The molecule has 2 saturated heterocycles. The topological polar surface area (TPSA) is 44.8 Å². The summed E-state index contributed by atoms with van der Waals surface area (Å²) in [7, 11) is 1.65. The van der Waals surface area contributed by atoms with Crippen LogP contribution in [0.4, 0.5) is 5.69 Å². The number of halogens is 2. The second-order valence-corrected chi connectivity index (χ2v) is 10.5. The first kappa shape index (κ1) is 25.3. The van der Waals surface area contributed by atoms with Gasteiger partial charge in [-0.05, 0) is 74.2 Å². The van der Waals surface area contributed by atoms with E-state index in [0.717, 1.165) is 51.3 Å². The number of piperidine rings is 1. The van der Waals surface area contributed by atoms with Crippen LogP contribution in [0.25, 0.3) is 0 Å².